The Morgan fingerprint density at radius 3 is 1.93 bits per heavy atom. The molecule has 0 spiro atoms. The Kier molecular flexibility index (Phi) is 10.3. The number of aromatic nitrogens is 1. The molecule has 3 amide bonds. The van der Waals surface area contributed by atoms with Crippen LogP contribution in [-0.4, -0.2) is 50.2 Å². The lowest BCUT2D eigenvalue weighted by atomic mass is 10.1. The first-order valence-corrected chi connectivity index (χ1v) is 14.6. The van der Waals surface area contributed by atoms with Crippen molar-refractivity contribution >= 4 is 33.7 Å². The number of carbonyl (C=O) groups is 4. The van der Waals surface area contributed by atoms with Crippen molar-refractivity contribution in [1.29, 1.82) is 0 Å². The average molecular weight is 601 g/mol. The molecule has 43 heavy (non-hydrogen) atoms. The second kappa shape index (κ2) is 14.5. The monoisotopic (exact) mass is 600 g/mol. The summed E-state index contributed by atoms with van der Waals surface area (Å²) in [7, 11) is -4.26. The number of ether oxygens (including phenoxy) is 1. The number of hydrogen-bond donors (Lipinski definition) is 3. The van der Waals surface area contributed by atoms with E-state index in [0.29, 0.717) is 13.0 Å². The molecule has 0 aliphatic rings. The lowest BCUT2D eigenvalue weighted by Gasteiger charge is -2.09. The quantitative estimate of drug-likeness (QED) is 0.209. The van der Waals surface area contributed by atoms with Gasteiger partial charge in [0.2, 0.25) is 0 Å². The second-order valence-corrected chi connectivity index (χ2v) is 10.9. The maximum Gasteiger partial charge on any atom is 0.325 e. The van der Waals surface area contributed by atoms with E-state index in [-0.39, 0.29) is 40.8 Å². The molecule has 4 aromatic rings. The van der Waals surface area contributed by atoms with Gasteiger partial charge in [-0.3, -0.25) is 24.2 Å². The van der Waals surface area contributed by atoms with Gasteiger partial charge in [0.25, 0.3) is 27.7 Å². The highest BCUT2D eigenvalue weighted by molar-refractivity contribution is 7.90. The molecule has 0 fully saturated rings. The van der Waals surface area contributed by atoms with Gasteiger partial charge in [-0.05, 0) is 53.9 Å². The maximum atomic E-state index is 12.7. The molecule has 3 aromatic carbocycles. The van der Waals surface area contributed by atoms with Crippen LogP contribution >= 0.6 is 0 Å². The molecule has 0 saturated heterocycles. The maximum absolute atomic E-state index is 12.7. The molecule has 0 aliphatic heterocycles. The molecule has 1 heterocycles. The van der Waals surface area contributed by atoms with Crippen molar-refractivity contribution in [1.82, 2.24) is 20.3 Å². The zero-order valence-electron chi connectivity index (χ0n) is 22.9. The Bertz CT molecular complexity index is 1680. The van der Waals surface area contributed by atoms with E-state index in [1.54, 1.807) is 12.1 Å². The molecule has 11 nitrogen and oxygen atoms in total. The fourth-order valence-corrected chi connectivity index (χ4v) is 4.76. The van der Waals surface area contributed by atoms with E-state index >= 15 is 0 Å². The van der Waals surface area contributed by atoms with E-state index in [1.165, 1.54) is 36.4 Å². The van der Waals surface area contributed by atoms with Gasteiger partial charge in [0.05, 0.1) is 10.5 Å². The standard InChI is InChI=1S/C31H28N4O7S/c36-28(42-21-23-9-5-2-6-10-23)20-34-31(39)27-16-13-25(19-33-27)30(38)35-43(40,41)26-14-11-24(12-15-26)29(37)32-18-17-22-7-3-1-4-8-22/h1-16,19H,17-18,20-21H2,(H,32,37)(H,34,39)(H,35,38). The largest absolute Gasteiger partial charge is 0.460 e. The summed E-state index contributed by atoms with van der Waals surface area (Å²) in [6.45, 7) is 0.0892. The van der Waals surface area contributed by atoms with E-state index in [2.05, 4.69) is 15.6 Å². The van der Waals surface area contributed by atoms with Gasteiger partial charge in [0.1, 0.15) is 18.8 Å². The predicted octanol–water partition coefficient (Wildman–Crippen LogP) is 2.65. The number of hydrogen-bond acceptors (Lipinski definition) is 8. The number of amides is 3. The Morgan fingerprint density at radius 1 is 0.674 bits per heavy atom. The first-order chi connectivity index (χ1) is 20.7. The number of carbonyl (C=O) groups excluding carboxylic acids is 4. The first kappa shape index (κ1) is 30.6. The van der Waals surface area contributed by atoms with Gasteiger partial charge in [0.15, 0.2) is 0 Å². The zero-order valence-corrected chi connectivity index (χ0v) is 23.7. The van der Waals surface area contributed by atoms with Crippen LogP contribution in [0.3, 0.4) is 0 Å². The van der Waals surface area contributed by atoms with Crippen molar-refractivity contribution in [2.75, 3.05) is 13.1 Å². The third kappa shape index (κ3) is 9.07. The van der Waals surface area contributed by atoms with Crippen LogP contribution in [0.15, 0.2) is 108 Å². The number of nitrogens with zero attached hydrogens (tertiary/aromatic N) is 1. The lowest BCUT2D eigenvalue weighted by Crippen LogP contribution is -2.32. The van der Waals surface area contributed by atoms with Gasteiger partial charge in [-0.1, -0.05) is 60.7 Å². The van der Waals surface area contributed by atoms with Gasteiger partial charge in [0, 0.05) is 18.3 Å². The third-order valence-corrected chi connectivity index (χ3v) is 7.44. The Balaban J connectivity index is 1.25. The Labute approximate surface area is 248 Å². The topological polar surface area (TPSA) is 161 Å². The fourth-order valence-electron chi connectivity index (χ4n) is 3.79. The van der Waals surface area contributed by atoms with Crippen LogP contribution in [0.4, 0.5) is 0 Å². The summed E-state index contributed by atoms with van der Waals surface area (Å²) in [4.78, 5) is 52.9. The first-order valence-electron chi connectivity index (χ1n) is 13.1. The molecule has 3 N–H and O–H groups in total. The normalized spacial score (nSPS) is 10.8. The molecule has 0 bridgehead atoms. The van der Waals surface area contributed by atoms with Crippen LogP contribution < -0.4 is 15.4 Å². The van der Waals surface area contributed by atoms with E-state index in [1.807, 2.05) is 53.3 Å². The molecule has 220 valence electrons. The highest BCUT2D eigenvalue weighted by atomic mass is 32.2. The molecule has 0 aliphatic carbocycles. The van der Waals surface area contributed by atoms with E-state index < -0.39 is 27.8 Å². The number of rotatable bonds is 12. The molecule has 0 radical (unpaired) electrons. The highest BCUT2D eigenvalue weighted by Gasteiger charge is 2.20. The van der Waals surface area contributed by atoms with Crippen LogP contribution in [0.5, 0.6) is 0 Å². The van der Waals surface area contributed by atoms with Crippen molar-refractivity contribution in [2.24, 2.45) is 0 Å². The molecule has 4 rings (SSSR count). The summed E-state index contributed by atoms with van der Waals surface area (Å²) in [5.41, 5.74) is 1.93. The fraction of sp³-hybridized carbons (Fsp3) is 0.129. The number of benzene rings is 3. The van der Waals surface area contributed by atoms with Gasteiger partial charge >= 0.3 is 5.97 Å². The number of sulfonamides is 1. The van der Waals surface area contributed by atoms with Crippen LogP contribution in [0, 0.1) is 0 Å². The molecule has 0 saturated carbocycles. The van der Waals surface area contributed by atoms with Gasteiger partial charge in [-0.15, -0.1) is 0 Å². The van der Waals surface area contributed by atoms with Crippen LogP contribution in [-0.2, 0) is 32.6 Å². The number of esters is 1. The third-order valence-electron chi connectivity index (χ3n) is 6.09. The summed E-state index contributed by atoms with van der Waals surface area (Å²) >= 11 is 0. The minimum absolute atomic E-state index is 0.0647. The molecule has 12 heteroatoms. The van der Waals surface area contributed by atoms with Crippen molar-refractivity contribution in [3.63, 3.8) is 0 Å². The van der Waals surface area contributed by atoms with Crippen molar-refractivity contribution in [3.8, 4) is 0 Å². The number of pyridine rings is 1. The highest BCUT2D eigenvalue weighted by Crippen LogP contribution is 2.12. The Morgan fingerprint density at radius 2 is 1.30 bits per heavy atom. The zero-order chi connectivity index (χ0) is 30.7. The molecule has 0 atom stereocenters. The Hall–Kier alpha value is -5.36. The van der Waals surface area contributed by atoms with Gasteiger partial charge in [-0.2, -0.15) is 0 Å². The molecular weight excluding hydrogens is 572 g/mol. The average Bonchev–Trinajstić information content (AvgIpc) is 3.03. The minimum Gasteiger partial charge on any atom is -0.460 e. The van der Waals surface area contributed by atoms with E-state index in [9.17, 15) is 27.6 Å². The van der Waals surface area contributed by atoms with E-state index in [0.717, 1.165) is 17.3 Å². The van der Waals surface area contributed by atoms with Crippen LogP contribution in [0.1, 0.15) is 42.3 Å². The smallest absolute Gasteiger partial charge is 0.325 e. The van der Waals surface area contributed by atoms with Crippen molar-refractivity contribution in [3.05, 3.63) is 131 Å². The summed E-state index contributed by atoms with van der Waals surface area (Å²) in [5, 5.41) is 5.15. The number of nitrogens with one attached hydrogen (secondary N) is 3. The van der Waals surface area contributed by atoms with Crippen LogP contribution in [0.25, 0.3) is 0 Å². The summed E-state index contributed by atoms with van der Waals surface area (Å²) in [6, 6.07) is 26.3. The van der Waals surface area contributed by atoms with Crippen molar-refractivity contribution in [2.45, 2.75) is 17.9 Å². The lowest BCUT2D eigenvalue weighted by molar-refractivity contribution is -0.143. The van der Waals surface area contributed by atoms with Crippen LogP contribution in [0.2, 0.25) is 0 Å². The minimum atomic E-state index is -4.26. The van der Waals surface area contributed by atoms with Gasteiger partial charge in [-0.25, -0.2) is 13.1 Å². The summed E-state index contributed by atoms with van der Waals surface area (Å²) in [6.07, 6.45) is 1.69. The molecule has 1 aromatic heterocycles. The summed E-state index contributed by atoms with van der Waals surface area (Å²) < 4.78 is 32.5. The van der Waals surface area contributed by atoms with E-state index in [4.69, 9.17) is 4.74 Å². The molecule has 0 unspecified atom stereocenters. The van der Waals surface area contributed by atoms with Crippen molar-refractivity contribution < 1.29 is 32.3 Å². The van der Waals surface area contributed by atoms with Gasteiger partial charge < -0.3 is 15.4 Å². The second-order valence-electron chi connectivity index (χ2n) is 9.21. The SMILES string of the molecule is O=C(CNC(=O)c1ccc(C(=O)NS(=O)(=O)c2ccc(C(=O)NCCc3ccccc3)cc2)cn1)OCc1ccccc1. The predicted molar refractivity (Wildman–Crippen MR) is 156 cm³/mol. The summed E-state index contributed by atoms with van der Waals surface area (Å²) in [5.74, 6) is -2.65. The molecular formula is C31H28N4O7S.